The van der Waals surface area contributed by atoms with Crippen LogP contribution in [-0.2, 0) is 11.3 Å². The molecule has 2 rings (SSSR count). The molecule has 4 N–H and O–H groups in total. The van der Waals surface area contributed by atoms with Crippen molar-refractivity contribution in [1.29, 1.82) is 0 Å². The van der Waals surface area contributed by atoms with Crippen molar-refractivity contribution >= 4 is 22.4 Å². The Labute approximate surface area is 110 Å². The van der Waals surface area contributed by atoms with Crippen LogP contribution in [0.3, 0.4) is 0 Å². The van der Waals surface area contributed by atoms with Gasteiger partial charge in [0, 0.05) is 13.0 Å². The van der Waals surface area contributed by atoms with Gasteiger partial charge in [0.15, 0.2) is 0 Å². The number of nitrogen functional groups attached to an aromatic ring is 1. The summed E-state index contributed by atoms with van der Waals surface area (Å²) in [6.07, 6.45) is 1.81. The summed E-state index contributed by atoms with van der Waals surface area (Å²) in [6.45, 7) is 2.62. The van der Waals surface area contributed by atoms with E-state index < -0.39 is 0 Å². The lowest BCUT2D eigenvalue weighted by Crippen LogP contribution is -2.39. The molecule has 0 saturated carbocycles. The van der Waals surface area contributed by atoms with E-state index in [9.17, 15) is 4.79 Å². The summed E-state index contributed by atoms with van der Waals surface area (Å²) in [6, 6.07) is 0. The minimum atomic E-state index is 0.153. The Morgan fingerprint density at radius 3 is 2.78 bits per heavy atom. The number of nitrogens with zero attached hydrogens (tertiary/aromatic N) is 3. The van der Waals surface area contributed by atoms with Gasteiger partial charge in [0.1, 0.15) is 5.01 Å². The van der Waals surface area contributed by atoms with Gasteiger partial charge in [0.05, 0.1) is 6.54 Å². The van der Waals surface area contributed by atoms with Crippen molar-refractivity contribution in [2.75, 3.05) is 25.6 Å². The fourth-order valence-corrected chi connectivity index (χ4v) is 2.82. The van der Waals surface area contributed by atoms with Crippen molar-refractivity contribution < 1.29 is 4.79 Å². The molecule has 18 heavy (non-hydrogen) atoms. The van der Waals surface area contributed by atoms with Crippen LogP contribution < -0.4 is 16.6 Å². The van der Waals surface area contributed by atoms with Crippen LogP contribution in [0, 0.1) is 5.92 Å². The Hall–Kier alpha value is -1.25. The van der Waals surface area contributed by atoms with Gasteiger partial charge in [-0.3, -0.25) is 15.1 Å². The fraction of sp³-hybridized carbons (Fsp3) is 0.700. The number of rotatable bonds is 4. The van der Waals surface area contributed by atoms with E-state index in [0.29, 0.717) is 5.13 Å². The molecule has 1 saturated heterocycles. The highest BCUT2D eigenvalue weighted by Gasteiger charge is 2.24. The van der Waals surface area contributed by atoms with E-state index in [1.54, 1.807) is 7.05 Å². The van der Waals surface area contributed by atoms with Crippen LogP contribution >= 0.6 is 11.3 Å². The Morgan fingerprint density at radius 2 is 2.22 bits per heavy atom. The van der Waals surface area contributed by atoms with Crippen molar-refractivity contribution in [3.8, 4) is 0 Å². The van der Waals surface area contributed by atoms with Crippen LogP contribution in [-0.4, -0.2) is 41.1 Å². The third kappa shape index (κ3) is 3.15. The number of aromatic nitrogens is 2. The van der Waals surface area contributed by atoms with Crippen LogP contribution in [0.2, 0.25) is 0 Å². The van der Waals surface area contributed by atoms with Gasteiger partial charge in [0.2, 0.25) is 11.0 Å². The maximum Gasteiger partial charge on any atom is 0.222 e. The van der Waals surface area contributed by atoms with Crippen molar-refractivity contribution in [3.05, 3.63) is 5.01 Å². The van der Waals surface area contributed by atoms with Gasteiger partial charge in [-0.1, -0.05) is 11.3 Å². The summed E-state index contributed by atoms with van der Waals surface area (Å²) in [5.74, 6) is 5.57. The number of carbonyl (C=O) groups excluding carboxylic acids is 1. The van der Waals surface area contributed by atoms with Crippen molar-refractivity contribution in [2.45, 2.75) is 19.4 Å². The number of hydrazine groups is 1. The topological polar surface area (TPSA) is 96.2 Å². The molecular weight excluding hydrogens is 252 g/mol. The first-order valence-corrected chi connectivity index (χ1v) is 6.77. The quantitative estimate of drug-likeness (QED) is 0.517. The zero-order valence-corrected chi connectivity index (χ0v) is 11.2. The number of nitrogens with two attached hydrogens (primary N) is 1. The molecule has 0 unspecified atom stereocenters. The SMILES string of the molecule is CNC(=O)C1CCN(Cc2nnc(NN)s2)CC1. The smallest absolute Gasteiger partial charge is 0.222 e. The summed E-state index contributed by atoms with van der Waals surface area (Å²) in [7, 11) is 1.69. The van der Waals surface area contributed by atoms with Gasteiger partial charge in [0.25, 0.3) is 0 Å². The number of hydrogen-bond acceptors (Lipinski definition) is 7. The lowest BCUT2D eigenvalue weighted by molar-refractivity contribution is -0.125. The first-order chi connectivity index (χ1) is 8.72. The molecule has 1 aliphatic rings. The third-order valence-corrected chi connectivity index (χ3v) is 3.99. The van der Waals surface area contributed by atoms with E-state index in [4.69, 9.17) is 5.84 Å². The molecule has 1 aliphatic heterocycles. The number of piperidine rings is 1. The molecule has 0 atom stereocenters. The van der Waals surface area contributed by atoms with E-state index in [1.165, 1.54) is 11.3 Å². The van der Waals surface area contributed by atoms with Crippen molar-refractivity contribution in [2.24, 2.45) is 11.8 Å². The zero-order valence-electron chi connectivity index (χ0n) is 10.3. The third-order valence-electron chi connectivity index (χ3n) is 3.15. The average molecular weight is 270 g/mol. The number of carbonyl (C=O) groups is 1. The summed E-state index contributed by atoms with van der Waals surface area (Å²) < 4.78 is 0. The zero-order chi connectivity index (χ0) is 13.0. The van der Waals surface area contributed by atoms with E-state index in [1.807, 2.05) is 0 Å². The molecule has 1 aromatic heterocycles. The Morgan fingerprint density at radius 1 is 1.50 bits per heavy atom. The minimum absolute atomic E-state index is 0.153. The second-order valence-corrected chi connectivity index (χ2v) is 5.37. The van der Waals surface area contributed by atoms with Gasteiger partial charge in [-0.2, -0.15) is 0 Å². The predicted octanol–water partition coefficient (Wildman–Crippen LogP) is -0.218. The minimum Gasteiger partial charge on any atom is -0.359 e. The molecule has 1 amide bonds. The molecule has 7 nitrogen and oxygen atoms in total. The molecule has 8 heteroatoms. The van der Waals surface area contributed by atoms with Crippen molar-refractivity contribution in [1.82, 2.24) is 20.4 Å². The Balaban J connectivity index is 1.81. The van der Waals surface area contributed by atoms with Gasteiger partial charge in [-0.25, -0.2) is 5.84 Å². The van der Waals surface area contributed by atoms with E-state index >= 15 is 0 Å². The standard InChI is InChI=1S/C10H18N6OS/c1-12-9(17)7-2-4-16(5-3-7)6-8-14-15-10(13-11)18-8/h7H,2-6,11H2,1H3,(H,12,17)(H,13,15). The summed E-state index contributed by atoms with van der Waals surface area (Å²) in [5.41, 5.74) is 2.49. The number of likely N-dealkylation sites (tertiary alicyclic amines) is 1. The van der Waals surface area contributed by atoms with Crippen molar-refractivity contribution in [3.63, 3.8) is 0 Å². The first-order valence-electron chi connectivity index (χ1n) is 5.96. The molecule has 1 fully saturated rings. The van der Waals surface area contributed by atoms with Crippen LogP contribution in [0.15, 0.2) is 0 Å². The van der Waals surface area contributed by atoms with Gasteiger partial charge in [-0.15, -0.1) is 10.2 Å². The first kappa shape index (κ1) is 13.2. The number of amides is 1. The normalized spacial score (nSPS) is 17.7. The number of nitrogens with one attached hydrogen (secondary N) is 2. The highest BCUT2D eigenvalue weighted by Crippen LogP contribution is 2.21. The molecule has 0 aliphatic carbocycles. The Bertz CT molecular complexity index is 401. The largest absolute Gasteiger partial charge is 0.359 e. The molecule has 0 bridgehead atoms. The highest BCUT2D eigenvalue weighted by molar-refractivity contribution is 7.15. The highest BCUT2D eigenvalue weighted by atomic mass is 32.1. The van der Waals surface area contributed by atoms with Crippen LogP contribution in [0.4, 0.5) is 5.13 Å². The lowest BCUT2D eigenvalue weighted by Gasteiger charge is -2.30. The van der Waals surface area contributed by atoms with E-state index in [-0.39, 0.29) is 11.8 Å². The van der Waals surface area contributed by atoms with Crippen LogP contribution in [0.5, 0.6) is 0 Å². The molecular formula is C10H18N6OS. The number of anilines is 1. The molecule has 0 radical (unpaired) electrons. The predicted molar refractivity (Wildman–Crippen MR) is 69.8 cm³/mol. The molecule has 100 valence electrons. The number of hydrogen-bond donors (Lipinski definition) is 3. The van der Waals surface area contributed by atoms with Crippen LogP contribution in [0.1, 0.15) is 17.8 Å². The molecule has 0 aromatic carbocycles. The monoisotopic (exact) mass is 270 g/mol. The molecule has 1 aromatic rings. The second kappa shape index (κ2) is 6.07. The van der Waals surface area contributed by atoms with E-state index in [2.05, 4.69) is 25.8 Å². The summed E-state index contributed by atoms with van der Waals surface area (Å²) in [4.78, 5) is 13.8. The lowest BCUT2D eigenvalue weighted by atomic mass is 9.96. The van der Waals surface area contributed by atoms with E-state index in [0.717, 1.165) is 37.5 Å². The fourth-order valence-electron chi connectivity index (χ4n) is 2.12. The molecule has 0 spiro atoms. The maximum atomic E-state index is 11.5. The van der Waals surface area contributed by atoms with Gasteiger partial charge >= 0.3 is 0 Å². The van der Waals surface area contributed by atoms with Gasteiger partial charge < -0.3 is 5.32 Å². The maximum absolute atomic E-state index is 11.5. The van der Waals surface area contributed by atoms with Crippen LogP contribution in [0.25, 0.3) is 0 Å². The Kier molecular flexibility index (Phi) is 4.45. The summed E-state index contributed by atoms with van der Waals surface area (Å²) >= 11 is 1.46. The molecule has 2 heterocycles. The summed E-state index contributed by atoms with van der Waals surface area (Å²) in [5, 5.41) is 12.2. The van der Waals surface area contributed by atoms with Gasteiger partial charge in [-0.05, 0) is 25.9 Å². The second-order valence-electron chi connectivity index (χ2n) is 4.31. The average Bonchev–Trinajstić information content (AvgIpc) is 2.86.